The van der Waals surface area contributed by atoms with Crippen LogP contribution in [0.2, 0.25) is 0 Å². The summed E-state index contributed by atoms with van der Waals surface area (Å²) in [5.74, 6) is 0.119. The Morgan fingerprint density at radius 2 is 2.00 bits per heavy atom. The van der Waals surface area contributed by atoms with E-state index in [1.807, 2.05) is 0 Å². The third-order valence-corrected chi connectivity index (χ3v) is 1.53. The summed E-state index contributed by atoms with van der Waals surface area (Å²) in [7, 11) is 0. The first-order valence-electron chi connectivity index (χ1n) is 4.74. The first-order valence-corrected chi connectivity index (χ1v) is 4.74. The van der Waals surface area contributed by atoms with Gasteiger partial charge in [-0.1, -0.05) is 27.2 Å². The number of carbonyl (C=O) groups excluding carboxylic acids is 1. The molecule has 1 unspecified atom stereocenters. The molecule has 0 radical (unpaired) electrons. The predicted molar refractivity (Wildman–Crippen MR) is 51.1 cm³/mol. The van der Waals surface area contributed by atoms with Crippen molar-refractivity contribution in [1.82, 2.24) is 10.6 Å². The van der Waals surface area contributed by atoms with Crippen LogP contribution in [-0.2, 0) is 4.79 Å². The fourth-order valence-electron chi connectivity index (χ4n) is 0.936. The first kappa shape index (κ1) is 11.4. The van der Waals surface area contributed by atoms with Crippen molar-refractivity contribution in [3.8, 4) is 0 Å². The predicted octanol–water partition coefficient (Wildman–Crippen LogP) is 0.901. The Labute approximate surface area is 74.9 Å². The van der Waals surface area contributed by atoms with Crippen LogP contribution in [-0.4, -0.2) is 25.0 Å². The van der Waals surface area contributed by atoms with Crippen LogP contribution in [0.3, 0.4) is 0 Å². The van der Waals surface area contributed by atoms with Crippen molar-refractivity contribution < 1.29 is 4.79 Å². The van der Waals surface area contributed by atoms with E-state index in [1.54, 1.807) is 0 Å². The Balaban J connectivity index is 0.000000354. The number of hydrogen-bond acceptors (Lipinski definition) is 2. The monoisotopic (exact) mass is 172 g/mol. The zero-order valence-corrected chi connectivity index (χ0v) is 8.31. The average Bonchev–Trinajstić information content (AvgIpc) is 2.06. The molecule has 3 heteroatoms. The highest BCUT2D eigenvalue weighted by molar-refractivity contribution is 5.79. The van der Waals surface area contributed by atoms with Crippen LogP contribution in [0.5, 0.6) is 0 Å². The third kappa shape index (κ3) is 5.13. The summed E-state index contributed by atoms with van der Waals surface area (Å²) in [6.45, 7) is 7.72. The highest BCUT2D eigenvalue weighted by atomic mass is 16.2. The lowest BCUT2D eigenvalue weighted by atomic mass is 10.2. The summed E-state index contributed by atoms with van der Waals surface area (Å²) in [4.78, 5) is 10.7. The van der Waals surface area contributed by atoms with E-state index in [-0.39, 0.29) is 5.91 Å². The molecule has 1 fully saturated rings. The Bertz CT molecular complexity index is 126. The summed E-state index contributed by atoms with van der Waals surface area (Å²) in [6, 6.07) is 0.353. The molecular formula is C9H20N2O. The van der Waals surface area contributed by atoms with E-state index in [0.717, 1.165) is 13.0 Å². The maximum atomic E-state index is 10.7. The molecule has 0 spiro atoms. The van der Waals surface area contributed by atoms with Gasteiger partial charge in [-0.25, -0.2) is 0 Å². The minimum Gasteiger partial charge on any atom is -0.351 e. The Kier molecular flexibility index (Phi) is 6.76. The highest BCUT2D eigenvalue weighted by Crippen LogP contribution is 1.91. The van der Waals surface area contributed by atoms with E-state index in [9.17, 15) is 4.79 Å². The quantitative estimate of drug-likeness (QED) is 0.617. The van der Waals surface area contributed by atoms with Gasteiger partial charge in [0.15, 0.2) is 0 Å². The SMILES string of the molecule is CCC.CCC1CNCC(=O)N1. The molecule has 1 saturated heterocycles. The molecule has 0 aliphatic carbocycles. The summed E-state index contributed by atoms with van der Waals surface area (Å²) in [6.07, 6.45) is 2.26. The van der Waals surface area contributed by atoms with Gasteiger partial charge in [0.05, 0.1) is 6.54 Å². The molecule has 72 valence electrons. The maximum Gasteiger partial charge on any atom is 0.234 e. The molecule has 0 bridgehead atoms. The molecule has 1 heterocycles. The molecule has 1 rings (SSSR count). The van der Waals surface area contributed by atoms with E-state index in [4.69, 9.17) is 0 Å². The lowest BCUT2D eigenvalue weighted by Gasteiger charge is -2.22. The number of hydrogen-bond donors (Lipinski definition) is 2. The van der Waals surface area contributed by atoms with Crippen LogP contribution in [0.4, 0.5) is 0 Å². The van der Waals surface area contributed by atoms with E-state index in [1.165, 1.54) is 6.42 Å². The first-order chi connectivity index (χ1) is 5.74. The van der Waals surface area contributed by atoms with E-state index < -0.39 is 0 Å². The fourth-order valence-corrected chi connectivity index (χ4v) is 0.936. The number of amides is 1. The van der Waals surface area contributed by atoms with Gasteiger partial charge in [0.1, 0.15) is 0 Å². The van der Waals surface area contributed by atoms with Gasteiger partial charge in [0.25, 0.3) is 0 Å². The molecule has 12 heavy (non-hydrogen) atoms. The average molecular weight is 172 g/mol. The molecule has 0 saturated carbocycles. The lowest BCUT2D eigenvalue weighted by molar-refractivity contribution is -0.122. The summed E-state index contributed by atoms with van der Waals surface area (Å²) in [5, 5.41) is 5.89. The Morgan fingerprint density at radius 3 is 2.33 bits per heavy atom. The van der Waals surface area contributed by atoms with Crippen LogP contribution in [0.15, 0.2) is 0 Å². The fraction of sp³-hybridized carbons (Fsp3) is 0.889. The topological polar surface area (TPSA) is 41.1 Å². The maximum absolute atomic E-state index is 10.7. The molecule has 3 nitrogen and oxygen atoms in total. The molecule has 0 aromatic heterocycles. The largest absolute Gasteiger partial charge is 0.351 e. The molecule has 0 aromatic rings. The molecule has 2 N–H and O–H groups in total. The Morgan fingerprint density at radius 1 is 1.42 bits per heavy atom. The Hall–Kier alpha value is -0.570. The standard InChI is InChI=1S/C6H12N2O.C3H8/c1-2-5-3-7-4-6(9)8-5;1-3-2/h5,7H,2-4H2,1H3,(H,8,9);3H2,1-2H3. The normalized spacial score (nSPS) is 22.2. The van der Waals surface area contributed by atoms with Crippen LogP contribution in [0.25, 0.3) is 0 Å². The highest BCUT2D eigenvalue weighted by Gasteiger charge is 2.14. The van der Waals surface area contributed by atoms with Gasteiger partial charge in [0.2, 0.25) is 5.91 Å². The van der Waals surface area contributed by atoms with E-state index in [0.29, 0.717) is 12.6 Å². The smallest absolute Gasteiger partial charge is 0.234 e. The molecular weight excluding hydrogens is 152 g/mol. The zero-order chi connectivity index (χ0) is 9.40. The van der Waals surface area contributed by atoms with Gasteiger partial charge in [-0.15, -0.1) is 0 Å². The van der Waals surface area contributed by atoms with E-state index >= 15 is 0 Å². The molecule has 1 aliphatic heterocycles. The second-order valence-corrected chi connectivity index (χ2v) is 3.01. The minimum atomic E-state index is 0.119. The second-order valence-electron chi connectivity index (χ2n) is 3.01. The van der Waals surface area contributed by atoms with Crippen molar-refractivity contribution in [2.75, 3.05) is 13.1 Å². The van der Waals surface area contributed by atoms with Crippen LogP contribution in [0.1, 0.15) is 33.6 Å². The third-order valence-electron chi connectivity index (χ3n) is 1.53. The van der Waals surface area contributed by atoms with Crippen LogP contribution >= 0.6 is 0 Å². The minimum absolute atomic E-state index is 0.119. The molecule has 1 aliphatic rings. The van der Waals surface area contributed by atoms with Crippen molar-refractivity contribution in [1.29, 1.82) is 0 Å². The van der Waals surface area contributed by atoms with E-state index in [2.05, 4.69) is 31.4 Å². The van der Waals surface area contributed by atoms with Gasteiger partial charge in [0, 0.05) is 12.6 Å². The summed E-state index contributed by atoms with van der Waals surface area (Å²) < 4.78 is 0. The van der Waals surface area contributed by atoms with Crippen molar-refractivity contribution in [2.24, 2.45) is 0 Å². The number of nitrogens with one attached hydrogen (secondary N) is 2. The van der Waals surface area contributed by atoms with Crippen molar-refractivity contribution in [2.45, 2.75) is 39.7 Å². The van der Waals surface area contributed by atoms with Crippen molar-refractivity contribution in [3.63, 3.8) is 0 Å². The number of piperazine rings is 1. The zero-order valence-electron chi connectivity index (χ0n) is 8.31. The molecule has 1 atom stereocenters. The van der Waals surface area contributed by atoms with Gasteiger partial charge in [-0.3, -0.25) is 4.79 Å². The van der Waals surface area contributed by atoms with Gasteiger partial charge < -0.3 is 10.6 Å². The lowest BCUT2D eigenvalue weighted by Crippen LogP contribution is -2.51. The second kappa shape index (κ2) is 7.10. The molecule has 1 amide bonds. The number of rotatable bonds is 1. The van der Waals surface area contributed by atoms with Crippen LogP contribution in [0, 0.1) is 0 Å². The van der Waals surface area contributed by atoms with Crippen LogP contribution < -0.4 is 10.6 Å². The van der Waals surface area contributed by atoms with Crippen molar-refractivity contribution in [3.05, 3.63) is 0 Å². The van der Waals surface area contributed by atoms with Gasteiger partial charge in [-0.2, -0.15) is 0 Å². The molecule has 0 aromatic carbocycles. The summed E-state index contributed by atoms with van der Waals surface area (Å²) in [5.41, 5.74) is 0. The summed E-state index contributed by atoms with van der Waals surface area (Å²) >= 11 is 0. The van der Waals surface area contributed by atoms with Crippen molar-refractivity contribution >= 4 is 5.91 Å². The van der Waals surface area contributed by atoms with Gasteiger partial charge >= 0.3 is 0 Å². The van der Waals surface area contributed by atoms with Gasteiger partial charge in [-0.05, 0) is 6.42 Å². The number of carbonyl (C=O) groups is 1.